The second-order valence-electron chi connectivity index (χ2n) is 5.67. The lowest BCUT2D eigenvalue weighted by molar-refractivity contribution is -0.138. The van der Waals surface area contributed by atoms with Crippen LogP contribution in [0.15, 0.2) is 24.3 Å². The maximum absolute atomic E-state index is 12.2. The number of piperidine rings is 1. The molecule has 3 N–H and O–H groups in total. The molecule has 1 amide bonds. The van der Waals surface area contributed by atoms with Gasteiger partial charge in [-0.1, -0.05) is 12.1 Å². The quantitative estimate of drug-likeness (QED) is 0.811. The predicted octanol–water partition coefficient (Wildman–Crippen LogP) is 1.91. The van der Waals surface area contributed by atoms with Crippen LogP contribution in [0.4, 0.5) is 5.69 Å². The van der Waals surface area contributed by atoms with Crippen molar-refractivity contribution in [3.63, 3.8) is 0 Å². The number of rotatable bonds is 5. The molecule has 0 atom stereocenters. The van der Waals surface area contributed by atoms with Gasteiger partial charge in [-0.2, -0.15) is 0 Å². The number of nitrogens with two attached hydrogens (primary N) is 1. The minimum atomic E-state index is -0.739. The summed E-state index contributed by atoms with van der Waals surface area (Å²) in [6, 6.07) is 7.38. The number of hydrogen-bond acceptors (Lipinski definition) is 3. The minimum Gasteiger partial charge on any atom is -0.481 e. The molecule has 1 aliphatic rings. The van der Waals surface area contributed by atoms with Gasteiger partial charge in [0.05, 0.1) is 6.42 Å². The average molecular weight is 290 g/mol. The summed E-state index contributed by atoms with van der Waals surface area (Å²) < 4.78 is 0. The minimum absolute atomic E-state index is 0.136. The topological polar surface area (TPSA) is 83.6 Å². The van der Waals surface area contributed by atoms with E-state index in [4.69, 9.17) is 10.8 Å². The highest BCUT2D eigenvalue weighted by Gasteiger charge is 2.23. The second kappa shape index (κ2) is 7.11. The number of likely N-dealkylation sites (tertiary alicyclic amines) is 1. The van der Waals surface area contributed by atoms with Crippen LogP contribution < -0.4 is 5.73 Å². The molecule has 1 aromatic carbocycles. The summed E-state index contributed by atoms with van der Waals surface area (Å²) in [5.41, 5.74) is 7.30. The highest BCUT2D eigenvalue weighted by molar-refractivity contribution is 5.79. The first-order valence-corrected chi connectivity index (χ1v) is 7.38. The fourth-order valence-corrected chi connectivity index (χ4v) is 2.72. The van der Waals surface area contributed by atoms with E-state index in [2.05, 4.69) is 0 Å². The van der Waals surface area contributed by atoms with Gasteiger partial charge in [0.2, 0.25) is 5.91 Å². The van der Waals surface area contributed by atoms with E-state index in [1.807, 2.05) is 17.0 Å². The van der Waals surface area contributed by atoms with Crippen LogP contribution in [0.3, 0.4) is 0 Å². The molecule has 5 heteroatoms. The summed E-state index contributed by atoms with van der Waals surface area (Å²) in [5.74, 6) is -0.171. The predicted molar refractivity (Wildman–Crippen MR) is 80.7 cm³/mol. The first kappa shape index (κ1) is 15.4. The van der Waals surface area contributed by atoms with E-state index in [1.54, 1.807) is 12.1 Å². The third kappa shape index (κ3) is 4.77. The number of anilines is 1. The molecule has 21 heavy (non-hydrogen) atoms. The summed E-state index contributed by atoms with van der Waals surface area (Å²) >= 11 is 0. The van der Waals surface area contributed by atoms with Crippen LogP contribution in [-0.2, 0) is 16.0 Å². The zero-order valence-corrected chi connectivity index (χ0v) is 12.1. The maximum atomic E-state index is 12.2. The Bertz CT molecular complexity index is 491. The van der Waals surface area contributed by atoms with Crippen molar-refractivity contribution >= 4 is 17.6 Å². The smallest absolute Gasteiger partial charge is 0.303 e. The van der Waals surface area contributed by atoms with Gasteiger partial charge >= 0.3 is 5.97 Å². The summed E-state index contributed by atoms with van der Waals surface area (Å²) in [5, 5.41) is 8.69. The Labute approximate surface area is 124 Å². The number of carbonyl (C=O) groups excluding carboxylic acids is 1. The SMILES string of the molecule is Nc1ccc(CC(=O)N2CCC(CCC(=O)O)CC2)cc1. The molecule has 0 saturated carbocycles. The number of aliphatic carboxylic acids is 1. The van der Waals surface area contributed by atoms with Crippen LogP contribution in [0.1, 0.15) is 31.2 Å². The van der Waals surface area contributed by atoms with Crippen molar-refractivity contribution in [2.45, 2.75) is 32.1 Å². The number of benzene rings is 1. The molecule has 1 aliphatic heterocycles. The first-order valence-electron chi connectivity index (χ1n) is 7.38. The van der Waals surface area contributed by atoms with Crippen LogP contribution in [0.25, 0.3) is 0 Å². The average Bonchev–Trinajstić information content (AvgIpc) is 2.48. The zero-order valence-electron chi connectivity index (χ0n) is 12.1. The monoisotopic (exact) mass is 290 g/mol. The van der Waals surface area contributed by atoms with E-state index < -0.39 is 5.97 Å². The van der Waals surface area contributed by atoms with Crippen molar-refractivity contribution < 1.29 is 14.7 Å². The highest BCUT2D eigenvalue weighted by Crippen LogP contribution is 2.22. The number of amides is 1. The molecule has 0 spiro atoms. The zero-order chi connectivity index (χ0) is 15.2. The fraction of sp³-hybridized carbons (Fsp3) is 0.500. The van der Waals surface area contributed by atoms with Crippen LogP contribution in [0.2, 0.25) is 0 Å². The number of carboxylic acids is 1. The van der Waals surface area contributed by atoms with Gasteiger partial charge in [0.25, 0.3) is 0 Å². The Hall–Kier alpha value is -2.04. The van der Waals surface area contributed by atoms with Gasteiger partial charge in [0, 0.05) is 25.2 Å². The molecule has 114 valence electrons. The van der Waals surface area contributed by atoms with Crippen molar-refractivity contribution in [1.82, 2.24) is 4.90 Å². The standard InChI is InChI=1S/C16H22N2O3/c17-14-4-1-13(2-5-14)11-15(19)18-9-7-12(8-10-18)3-6-16(20)21/h1-2,4-5,12H,3,6-11,17H2,(H,20,21). The normalized spacial score (nSPS) is 15.9. The highest BCUT2D eigenvalue weighted by atomic mass is 16.4. The molecule has 5 nitrogen and oxygen atoms in total. The molecule has 0 unspecified atom stereocenters. The lowest BCUT2D eigenvalue weighted by Crippen LogP contribution is -2.39. The van der Waals surface area contributed by atoms with E-state index in [0.29, 0.717) is 18.0 Å². The Balaban J connectivity index is 1.77. The number of nitrogens with zero attached hydrogens (tertiary/aromatic N) is 1. The second-order valence-corrected chi connectivity index (χ2v) is 5.67. The van der Waals surface area contributed by atoms with Gasteiger partial charge in [0.15, 0.2) is 0 Å². The van der Waals surface area contributed by atoms with E-state index in [1.165, 1.54) is 0 Å². The van der Waals surface area contributed by atoms with Gasteiger partial charge in [-0.3, -0.25) is 9.59 Å². The molecular formula is C16H22N2O3. The fourth-order valence-electron chi connectivity index (χ4n) is 2.72. The molecule has 0 radical (unpaired) electrons. The molecular weight excluding hydrogens is 268 g/mol. The first-order chi connectivity index (χ1) is 10.0. The van der Waals surface area contributed by atoms with E-state index in [9.17, 15) is 9.59 Å². The van der Waals surface area contributed by atoms with E-state index in [-0.39, 0.29) is 12.3 Å². The Morgan fingerprint density at radius 1 is 1.19 bits per heavy atom. The lowest BCUT2D eigenvalue weighted by Gasteiger charge is -2.32. The van der Waals surface area contributed by atoms with Gasteiger partial charge in [-0.25, -0.2) is 0 Å². The van der Waals surface area contributed by atoms with Gasteiger partial charge in [-0.05, 0) is 42.9 Å². The number of carboxylic acid groups (broad SMARTS) is 1. The van der Waals surface area contributed by atoms with E-state index >= 15 is 0 Å². The Morgan fingerprint density at radius 2 is 1.81 bits per heavy atom. The van der Waals surface area contributed by atoms with Crippen molar-refractivity contribution in [2.75, 3.05) is 18.8 Å². The molecule has 0 aromatic heterocycles. The summed E-state index contributed by atoms with van der Waals surface area (Å²) in [4.78, 5) is 24.7. The largest absolute Gasteiger partial charge is 0.481 e. The molecule has 1 fully saturated rings. The van der Waals surface area contributed by atoms with Gasteiger partial charge < -0.3 is 15.7 Å². The van der Waals surface area contributed by atoms with Gasteiger partial charge in [-0.15, -0.1) is 0 Å². The summed E-state index contributed by atoms with van der Waals surface area (Å²) in [6.45, 7) is 1.47. The lowest BCUT2D eigenvalue weighted by atomic mass is 9.92. The third-order valence-electron chi connectivity index (χ3n) is 4.07. The molecule has 1 heterocycles. The van der Waals surface area contributed by atoms with Crippen molar-refractivity contribution in [3.8, 4) is 0 Å². The van der Waals surface area contributed by atoms with Crippen LogP contribution in [0, 0.1) is 5.92 Å². The molecule has 2 rings (SSSR count). The van der Waals surface area contributed by atoms with E-state index in [0.717, 1.165) is 37.9 Å². The van der Waals surface area contributed by atoms with Crippen molar-refractivity contribution in [1.29, 1.82) is 0 Å². The molecule has 0 bridgehead atoms. The van der Waals surface area contributed by atoms with Crippen LogP contribution >= 0.6 is 0 Å². The number of hydrogen-bond donors (Lipinski definition) is 2. The van der Waals surface area contributed by atoms with Crippen LogP contribution in [-0.4, -0.2) is 35.0 Å². The van der Waals surface area contributed by atoms with Crippen molar-refractivity contribution in [3.05, 3.63) is 29.8 Å². The molecule has 1 aromatic rings. The molecule has 1 saturated heterocycles. The summed E-state index contributed by atoms with van der Waals surface area (Å²) in [7, 11) is 0. The number of carbonyl (C=O) groups is 2. The maximum Gasteiger partial charge on any atom is 0.303 e. The third-order valence-corrected chi connectivity index (χ3v) is 4.07. The summed E-state index contributed by atoms with van der Waals surface area (Å²) in [6.07, 6.45) is 3.15. The van der Waals surface area contributed by atoms with Crippen LogP contribution in [0.5, 0.6) is 0 Å². The van der Waals surface area contributed by atoms with Gasteiger partial charge in [0.1, 0.15) is 0 Å². The number of nitrogen functional groups attached to an aromatic ring is 1. The Morgan fingerprint density at radius 3 is 2.38 bits per heavy atom. The Kier molecular flexibility index (Phi) is 5.20. The molecule has 0 aliphatic carbocycles. The van der Waals surface area contributed by atoms with Crippen molar-refractivity contribution in [2.24, 2.45) is 5.92 Å².